The highest BCUT2D eigenvalue weighted by molar-refractivity contribution is 7.86. The Kier molecular flexibility index (Phi) is 5.16. The number of benzene rings is 2. The first kappa shape index (κ1) is 20.9. The molecule has 0 spiro atoms. The molecule has 7 nitrogen and oxygen atoms in total. The molecule has 0 atom stereocenters. The smallest absolute Gasteiger partial charge is 0.295 e. The first-order valence-electron chi connectivity index (χ1n) is 8.93. The van der Waals surface area contributed by atoms with E-state index in [0.717, 1.165) is 22.3 Å². The molecule has 1 aliphatic heterocycles. The SMILES string of the molecule is CC1=[N+](CCCCS(=O)(=O)[O-])c2ccc3c(S(=O)(=O)O)cccc3c2C1(C)C. The van der Waals surface area contributed by atoms with Crippen LogP contribution in [-0.4, -0.2) is 48.5 Å². The van der Waals surface area contributed by atoms with Gasteiger partial charge in [0.25, 0.3) is 10.1 Å². The van der Waals surface area contributed by atoms with Crippen molar-refractivity contribution < 1.29 is 30.5 Å². The Bertz CT molecular complexity index is 1190. The van der Waals surface area contributed by atoms with Crippen molar-refractivity contribution in [3.8, 4) is 0 Å². The monoisotopic (exact) mass is 425 g/mol. The lowest BCUT2D eigenvalue weighted by molar-refractivity contribution is -0.439. The van der Waals surface area contributed by atoms with Gasteiger partial charge in [0.15, 0.2) is 5.71 Å². The molecule has 3 rings (SSSR count). The van der Waals surface area contributed by atoms with E-state index < -0.39 is 20.2 Å². The summed E-state index contributed by atoms with van der Waals surface area (Å²) in [4.78, 5) is -0.125. The zero-order valence-corrected chi connectivity index (χ0v) is 17.6. The third kappa shape index (κ3) is 3.71. The van der Waals surface area contributed by atoms with Crippen LogP contribution in [0.3, 0.4) is 0 Å². The van der Waals surface area contributed by atoms with Gasteiger partial charge in [0, 0.05) is 36.1 Å². The van der Waals surface area contributed by atoms with Crippen LogP contribution in [-0.2, 0) is 25.7 Å². The number of hydrogen-bond acceptors (Lipinski definition) is 5. The van der Waals surface area contributed by atoms with Gasteiger partial charge in [0.05, 0.1) is 15.5 Å². The van der Waals surface area contributed by atoms with Crippen LogP contribution in [0.1, 0.15) is 39.2 Å². The van der Waals surface area contributed by atoms with Gasteiger partial charge in [-0.3, -0.25) is 4.55 Å². The van der Waals surface area contributed by atoms with Crippen LogP contribution in [0.4, 0.5) is 5.69 Å². The molecular formula is C19H23NO6S2. The molecule has 0 bridgehead atoms. The van der Waals surface area contributed by atoms with E-state index in [9.17, 15) is 25.9 Å². The summed E-state index contributed by atoms with van der Waals surface area (Å²) in [5, 5.41) is 1.21. The quantitative estimate of drug-likeness (QED) is 0.432. The fraction of sp³-hybridized carbons (Fsp3) is 0.421. The largest absolute Gasteiger partial charge is 0.748 e. The highest BCUT2D eigenvalue weighted by atomic mass is 32.2. The number of fused-ring (bicyclic) bond motifs is 3. The molecule has 0 unspecified atom stereocenters. The average Bonchev–Trinajstić information content (AvgIpc) is 2.76. The number of nitrogens with zero attached hydrogens (tertiary/aromatic N) is 1. The van der Waals surface area contributed by atoms with E-state index in [0.29, 0.717) is 18.4 Å². The molecule has 1 N–H and O–H groups in total. The Labute approximate surface area is 165 Å². The Morgan fingerprint density at radius 2 is 1.71 bits per heavy atom. The molecule has 28 heavy (non-hydrogen) atoms. The summed E-state index contributed by atoms with van der Waals surface area (Å²) in [7, 11) is -8.57. The summed E-state index contributed by atoms with van der Waals surface area (Å²) in [6, 6.07) is 8.34. The zero-order valence-electron chi connectivity index (χ0n) is 16.0. The first-order valence-corrected chi connectivity index (χ1v) is 11.9. The molecule has 2 aromatic carbocycles. The van der Waals surface area contributed by atoms with Crippen LogP contribution in [0.2, 0.25) is 0 Å². The van der Waals surface area contributed by atoms with Gasteiger partial charge >= 0.3 is 0 Å². The van der Waals surface area contributed by atoms with Crippen LogP contribution >= 0.6 is 0 Å². The molecule has 152 valence electrons. The van der Waals surface area contributed by atoms with Gasteiger partial charge in [-0.15, -0.1) is 0 Å². The number of rotatable bonds is 6. The first-order chi connectivity index (χ1) is 12.8. The van der Waals surface area contributed by atoms with E-state index in [-0.39, 0.29) is 22.5 Å². The summed E-state index contributed by atoms with van der Waals surface area (Å²) in [5.74, 6) is -0.383. The molecule has 1 heterocycles. The standard InChI is InChI=1S/C19H23NO6S2/c1-13-19(2,3)18-15-7-6-8-17(28(24,25)26)14(15)9-10-16(18)20(13)11-4-5-12-27(21,22)23/h6-10H,4-5,11-12H2,1-3H3,(H-,21,22,23,24,25,26). The molecule has 0 fully saturated rings. The lowest BCUT2D eigenvalue weighted by Gasteiger charge is -2.17. The van der Waals surface area contributed by atoms with E-state index in [1.165, 1.54) is 6.07 Å². The van der Waals surface area contributed by atoms with Gasteiger partial charge in [-0.25, -0.2) is 8.42 Å². The second kappa shape index (κ2) is 6.91. The van der Waals surface area contributed by atoms with E-state index in [4.69, 9.17) is 0 Å². The highest BCUT2D eigenvalue weighted by Crippen LogP contribution is 2.44. The number of unbranched alkanes of at least 4 members (excludes halogenated alkanes) is 1. The molecule has 0 radical (unpaired) electrons. The minimum absolute atomic E-state index is 0.125. The second-order valence-electron chi connectivity index (χ2n) is 7.62. The molecule has 0 saturated carbocycles. The molecule has 0 amide bonds. The van der Waals surface area contributed by atoms with Crippen molar-refractivity contribution in [2.75, 3.05) is 12.3 Å². The zero-order chi connectivity index (χ0) is 20.9. The minimum atomic E-state index is -4.35. The minimum Gasteiger partial charge on any atom is -0.748 e. The Morgan fingerprint density at radius 3 is 2.32 bits per heavy atom. The Morgan fingerprint density at radius 1 is 1.04 bits per heavy atom. The van der Waals surface area contributed by atoms with Crippen molar-refractivity contribution in [1.29, 1.82) is 0 Å². The van der Waals surface area contributed by atoms with Gasteiger partial charge < -0.3 is 4.55 Å². The van der Waals surface area contributed by atoms with Gasteiger partial charge in [-0.1, -0.05) is 12.1 Å². The van der Waals surface area contributed by atoms with Crippen molar-refractivity contribution in [2.24, 2.45) is 0 Å². The lowest BCUT2D eigenvalue weighted by Crippen LogP contribution is -2.27. The Balaban J connectivity index is 2.07. The summed E-state index contributed by atoms with van der Waals surface area (Å²) in [6.45, 7) is 6.63. The normalized spacial score (nSPS) is 16.6. The van der Waals surface area contributed by atoms with Gasteiger partial charge in [-0.05, 0) is 37.8 Å². The van der Waals surface area contributed by atoms with Crippen molar-refractivity contribution in [2.45, 2.75) is 43.9 Å². The van der Waals surface area contributed by atoms with Crippen LogP contribution < -0.4 is 0 Å². The molecule has 1 aliphatic rings. The van der Waals surface area contributed by atoms with Gasteiger partial charge in [0.2, 0.25) is 5.69 Å². The van der Waals surface area contributed by atoms with E-state index in [1.807, 2.05) is 32.9 Å². The molecule has 2 aromatic rings. The van der Waals surface area contributed by atoms with Crippen LogP contribution in [0.15, 0.2) is 35.2 Å². The van der Waals surface area contributed by atoms with Gasteiger partial charge in [0.1, 0.15) is 11.4 Å². The lowest BCUT2D eigenvalue weighted by atomic mass is 9.80. The van der Waals surface area contributed by atoms with Crippen LogP contribution in [0.5, 0.6) is 0 Å². The van der Waals surface area contributed by atoms with E-state index in [2.05, 4.69) is 4.58 Å². The fourth-order valence-corrected chi connectivity index (χ4v) is 5.22. The molecule has 0 saturated heterocycles. The van der Waals surface area contributed by atoms with Crippen molar-refractivity contribution >= 4 is 42.4 Å². The summed E-state index contributed by atoms with van der Waals surface area (Å²) < 4.78 is 67.6. The van der Waals surface area contributed by atoms with E-state index >= 15 is 0 Å². The maximum atomic E-state index is 11.8. The third-order valence-corrected chi connectivity index (χ3v) is 7.23. The number of hydrogen-bond donors (Lipinski definition) is 1. The van der Waals surface area contributed by atoms with Crippen LogP contribution in [0.25, 0.3) is 10.8 Å². The molecule has 0 aromatic heterocycles. The second-order valence-corrected chi connectivity index (χ2v) is 10.5. The average molecular weight is 426 g/mol. The van der Waals surface area contributed by atoms with Gasteiger partial charge in [-0.2, -0.15) is 13.0 Å². The third-order valence-electron chi connectivity index (χ3n) is 5.53. The topological polar surface area (TPSA) is 115 Å². The predicted molar refractivity (Wildman–Crippen MR) is 106 cm³/mol. The van der Waals surface area contributed by atoms with Crippen molar-refractivity contribution in [1.82, 2.24) is 0 Å². The molecular weight excluding hydrogens is 402 g/mol. The Hall–Kier alpha value is -1.81. The molecule has 0 aliphatic carbocycles. The highest BCUT2D eigenvalue weighted by Gasteiger charge is 2.44. The maximum Gasteiger partial charge on any atom is 0.295 e. The summed E-state index contributed by atoms with van der Waals surface area (Å²) in [6.07, 6.45) is 0.823. The predicted octanol–water partition coefficient (Wildman–Crippen LogP) is 2.81. The fourth-order valence-electron chi connectivity index (χ4n) is 3.96. The van der Waals surface area contributed by atoms with Crippen molar-refractivity contribution in [3.05, 3.63) is 35.9 Å². The maximum absolute atomic E-state index is 11.8. The van der Waals surface area contributed by atoms with Crippen molar-refractivity contribution in [3.63, 3.8) is 0 Å². The van der Waals surface area contributed by atoms with Crippen LogP contribution in [0, 0.1) is 0 Å². The van der Waals surface area contributed by atoms with E-state index in [1.54, 1.807) is 12.1 Å². The summed E-state index contributed by atoms with van der Waals surface area (Å²) >= 11 is 0. The molecule has 9 heteroatoms. The summed E-state index contributed by atoms with van der Waals surface area (Å²) in [5.41, 5.74) is 2.56.